The molecule has 1 amide bonds. The second-order valence-corrected chi connectivity index (χ2v) is 5.70. The zero-order valence-corrected chi connectivity index (χ0v) is 12.7. The van der Waals surface area contributed by atoms with E-state index in [4.69, 9.17) is 27.0 Å². The van der Waals surface area contributed by atoms with Crippen molar-refractivity contribution in [2.24, 2.45) is 11.5 Å². The van der Waals surface area contributed by atoms with Gasteiger partial charge in [-0.15, -0.1) is 12.6 Å². The van der Waals surface area contributed by atoms with Crippen LogP contribution in [0.2, 0.25) is 0 Å². The number of thiophene rings is 1. The lowest BCUT2D eigenvalue weighted by Gasteiger charge is -2.16. The average Bonchev–Trinajstić information content (AvgIpc) is 2.84. The predicted molar refractivity (Wildman–Crippen MR) is 87.5 cm³/mol. The summed E-state index contributed by atoms with van der Waals surface area (Å²) in [6, 6.07) is 0. The molecule has 0 radical (unpaired) electrons. The lowest BCUT2D eigenvalue weighted by molar-refractivity contribution is 0.100. The Morgan fingerprint density at radius 2 is 2.10 bits per heavy atom. The molecule has 1 aromatic heterocycles. The fourth-order valence-electron chi connectivity index (χ4n) is 2.09. The molecule has 1 heterocycles. The molecule has 21 heavy (non-hydrogen) atoms. The van der Waals surface area contributed by atoms with Gasteiger partial charge in [-0.2, -0.15) is 0 Å². The molecule has 0 spiro atoms. The van der Waals surface area contributed by atoms with E-state index in [0.717, 1.165) is 34.9 Å². The molecule has 0 saturated heterocycles. The van der Waals surface area contributed by atoms with Gasteiger partial charge in [0.25, 0.3) is 5.91 Å². The molecule has 1 aromatic rings. The largest absolute Gasteiger partial charge is 0.443 e. The summed E-state index contributed by atoms with van der Waals surface area (Å²) >= 11 is 5.55. The molecule has 0 fully saturated rings. The van der Waals surface area contributed by atoms with Gasteiger partial charge in [-0.3, -0.25) is 4.79 Å². The summed E-state index contributed by atoms with van der Waals surface area (Å²) in [5, 5.41) is 15.0. The Bertz CT molecular complexity index is 689. The van der Waals surface area contributed by atoms with Gasteiger partial charge in [-0.1, -0.05) is 11.3 Å². The van der Waals surface area contributed by atoms with Crippen LogP contribution >= 0.6 is 24.0 Å². The number of allylic oxidation sites excluding steroid dienone is 2. The molecule has 0 aliphatic heterocycles. The highest BCUT2D eigenvalue weighted by Gasteiger charge is 2.28. The number of thiol groups is 1. The van der Waals surface area contributed by atoms with Crippen LogP contribution in [0.5, 0.6) is 5.06 Å². The Morgan fingerprint density at radius 1 is 1.38 bits per heavy atom. The van der Waals surface area contributed by atoms with Crippen LogP contribution in [0, 0.1) is 10.8 Å². The number of ether oxygens (including phenoxy) is 1. The Balaban J connectivity index is 2.63. The van der Waals surface area contributed by atoms with Gasteiger partial charge in [0, 0.05) is 22.9 Å². The third kappa shape index (κ3) is 2.72. The third-order valence-corrected chi connectivity index (χ3v) is 4.71. The van der Waals surface area contributed by atoms with Crippen molar-refractivity contribution in [3.05, 3.63) is 33.5 Å². The van der Waals surface area contributed by atoms with Gasteiger partial charge in [0.15, 0.2) is 10.8 Å². The van der Waals surface area contributed by atoms with Crippen molar-refractivity contribution in [2.75, 3.05) is 0 Å². The van der Waals surface area contributed by atoms with Gasteiger partial charge >= 0.3 is 0 Å². The first-order chi connectivity index (χ1) is 10.0. The van der Waals surface area contributed by atoms with E-state index in [1.165, 1.54) is 6.21 Å². The van der Waals surface area contributed by atoms with E-state index in [0.29, 0.717) is 33.3 Å². The Hall–Kier alpha value is -2.06. The monoisotopic (exact) mass is 322 g/mol. The van der Waals surface area contributed by atoms with Crippen molar-refractivity contribution >= 4 is 47.2 Å². The summed E-state index contributed by atoms with van der Waals surface area (Å²) in [4.78, 5) is 12.6. The van der Waals surface area contributed by atoms with Crippen LogP contribution in [-0.2, 0) is 6.42 Å². The molecule has 0 atom stereocenters. The lowest BCUT2D eigenvalue weighted by atomic mass is 9.93. The Kier molecular flexibility index (Phi) is 4.49. The van der Waals surface area contributed by atoms with Crippen LogP contribution in [0.4, 0.5) is 0 Å². The number of primary amides is 1. The van der Waals surface area contributed by atoms with E-state index in [1.807, 2.05) is 0 Å². The molecule has 6 N–H and O–H groups in total. The van der Waals surface area contributed by atoms with Crippen molar-refractivity contribution in [3.8, 4) is 5.06 Å². The molecule has 6 nitrogen and oxygen atoms in total. The van der Waals surface area contributed by atoms with E-state index in [-0.39, 0.29) is 5.76 Å². The minimum atomic E-state index is -0.529. The fraction of sp³-hybridized carbons (Fsp3) is 0.154. The summed E-state index contributed by atoms with van der Waals surface area (Å²) in [5.74, 6) is -0.378. The smallest absolute Gasteiger partial charge is 0.259 e. The number of hydrogen-bond acceptors (Lipinski definition) is 7. The standard InChI is InChI=1S/C13H14N4O2S2/c14-3-6-1-2-8-9(10(6)20)13(19-7(4-15)5-16)21-11(8)12(17)18/h3-5,14-15,20H,1-2,16H2,(H2,17,18)/b7-5+,14-3?,15-4?. The number of carbonyl (C=O) groups is 1. The molecule has 2 rings (SSSR count). The highest BCUT2D eigenvalue weighted by atomic mass is 32.1. The first-order valence-corrected chi connectivity index (χ1v) is 7.28. The second-order valence-electron chi connectivity index (χ2n) is 4.27. The zero-order chi connectivity index (χ0) is 15.6. The van der Waals surface area contributed by atoms with Crippen molar-refractivity contribution < 1.29 is 9.53 Å². The zero-order valence-electron chi connectivity index (χ0n) is 11.0. The molecule has 0 saturated carbocycles. The topological polar surface area (TPSA) is 126 Å². The van der Waals surface area contributed by atoms with E-state index in [2.05, 4.69) is 12.6 Å². The normalized spacial score (nSPS) is 14.6. The first kappa shape index (κ1) is 15.3. The quantitative estimate of drug-likeness (QED) is 0.323. The van der Waals surface area contributed by atoms with E-state index < -0.39 is 5.91 Å². The Morgan fingerprint density at radius 3 is 2.62 bits per heavy atom. The van der Waals surface area contributed by atoms with Crippen LogP contribution in [0.1, 0.15) is 27.2 Å². The number of nitrogens with one attached hydrogen (secondary N) is 2. The van der Waals surface area contributed by atoms with Crippen LogP contribution in [0.3, 0.4) is 0 Å². The maximum atomic E-state index is 11.6. The van der Waals surface area contributed by atoms with E-state index in [1.54, 1.807) is 0 Å². The second kappa shape index (κ2) is 6.15. The molecule has 0 bridgehead atoms. The van der Waals surface area contributed by atoms with E-state index >= 15 is 0 Å². The van der Waals surface area contributed by atoms with Gasteiger partial charge in [0.1, 0.15) is 0 Å². The van der Waals surface area contributed by atoms with Crippen molar-refractivity contribution in [2.45, 2.75) is 12.8 Å². The number of fused-ring (bicyclic) bond motifs is 1. The summed E-state index contributed by atoms with van der Waals surface area (Å²) in [5.41, 5.74) is 13.0. The minimum absolute atomic E-state index is 0.151. The van der Waals surface area contributed by atoms with Crippen LogP contribution in [0.15, 0.2) is 17.5 Å². The summed E-state index contributed by atoms with van der Waals surface area (Å²) in [7, 11) is 0. The van der Waals surface area contributed by atoms with Crippen LogP contribution in [-0.4, -0.2) is 18.3 Å². The molecule has 1 aliphatic rings. The molecule has 8 heteroatoms. The maximum Gasteiger partial charge on any atom is 0.259 e. The molecule has 110 valence electrons. The SMILES string of the molecule is N=CC1=C(S)c2c(O/C(C=N)=C/N)sc(C(N)=O)c2CC1. The number of carbonyl (C=O) groups excluding carboxylic acids is 1. The number of hydrogen-bond donors (Lipinski definition) is 5. The van der Waals surface area contributed by atoms with E-state index in [9.17, 15) is 4.79 Å². The van der Waals surface area contributed by atoms with Gasteiger partial charge in [-0.05, 0) is 24.0 Å². The minimum Gasteiger partial charge on any atom is -0.443 e. The molecular formula is C13H14N4O2S2. The molecule has 0 aromatic carbocycles. The fourth-order valence-corrected chi connectivity index (χ4v) is 3.66. The summed E-state index contributed by atoms with van der Waals surface area (Å²) < 4.78 is 5.55. The van der Waals surface area contributed by atoms with Crippen molar-refractivity contribution in [3.63, 3.8) is 0 Å². The van der Waals surface area contributed by atoms with Gasteiger partial charge < -0.3 is 27.0 Å². The molecule has 0 unspecified atom stereocenters. The Labute approximate surface area is 130 Å². The summed E-state index contributed by atoms with van der Waals surface area (Å²) in [6.45, 7) is 0. The number of rotatable bonds is 5. The lowest BCUT2D eigenvalue weighted by Crippen LogP contribution is -2.13. The van der Waals surface area contributed by atoms with Gasteiger partial charge in [-0.25, -0.2) is 0 Å². The molecular weight excluding hydrogens is 308 g/mol. The van der Waals surface area contributed by atoms with Crippen LogP contribution in [0.25, 0.3) is 4.91 Å². The van der Waals surface area contributed by atoms with Gasteiger partial charge in [0.05, 0.1) is 11.1 Å². The number of amides is 1. The third-order valence-electron chi connectivity index (χ3n) is 3.08. The summed E-state index contributed by atoms with van der Waals surface area (Å²) in [6.07, 6.45) is 4.58. The predicted octanol–water partition coefficient (Wildman–Crippen LogP) is 1.91. The van der Waals surface area contributed by atoms with Crippen molar-refractivity contribution in [1.29, 1.82) is 10.8 Å². The van der Waals surface area contributed by atoms with Gasteiger partial charge in [0.2, 0.25) is 0 Å². The highest BCUT2D eigenvalue weighted by molar-refractivity contribution is 7.90. The van der Waals surface area contributed by atoms with Crippen LogP contribution < -0.4 is 16.2 Å². The molecule has 1 aliphatic carbocycles. The average molecular weight is 322 g/mol. The van der Waals surface area contributed by atoms with Crippen molar-refractivity contribution in [1.82, 2.24) is 0 Å². The highest BCUT2D eigenvalue weighted by Crippen LogP contribution is 2.46. The maximum absolute atomic E-state index is 11.6. The first-order valence-electron chi connectivity index (χ1n) is 6.02. The number of nitrogens with two attached hydrogens (primary N) is 2.